The van der Waals surface area contributed by atoms with Crippen molar-refractivity contribution >= 4 is 179 Å². The van der Waals surface area contributed by atoms with Crippen molar-refractivity contribution < 1.29 is 105 Å². The molecule has 0 aliphatic rings. The monoisotopic (exact) mass is 1680 g/mol. The summed E-state index contributed by atoms with van der Waals surface area (Å²) in [7, 11) is 0. The Balaban J connectivity index is 0.000000137. The van der Waals surface area contributed by atoms with E-state index in [4.69, 9.17) is 13.1 Å². The number of hydrogen-bond acceptors (Lipinski definition) is 34. The van der Waals surface area contributed by atoms with E-state index < -0.39 is 196 Å². The van der Waals surface area contributed by atoms with Crippen molar-refractivity contribution in [2.75, 3.05) is 0 Å². The van der Waals surface area contributed by atoms with Gasteiger partial charge in [0.05, 0.1) is 0 Å². The highest BCUT2D eigenvalue weighted by atomic mass is 19.4. The van der Waals surface area contributed by atoms with Crippen LogP contribution in [0, 0.1) is 94.2 Å². The van der Waals surface area contributed by atoms with Crippen LogP contribution >= 0.6 is 0 Å². The molecule has 120 heavy (non-hydrogen) atoms. The molecule has 0 bridgehead atoms. The Labute approximate surface area is 629 Å². The van der Waals surface area contributed by atoms with Gasteiger partial charge in [-0.3, -0.25) is 0 Å². The topological polar surface area (TPSA) is 491 Å². The van der Waals surface area contributed by atoms with Crippen LogP contribution in [0.2, 0.25) is 0 Å². The Hall–Kier alpha value is -17.0. The lowest BCUT2D eigenvalue weighted by Gasteiger charge is -2.17. The van der Waals surface area contributed by atoms with Crippen molar-refractivity contribution in [3.63, 3.8) is 0 Å². The number of benzene rings is 3. The van der Waals surface area contributed by atoms with Crippen molar-refractivity contribution in [3.05, 3.63) is 115 Å². The minimum atomic E-state index is -6.02. The van der Waals surface area contributed by atoms with E-state index >= 15 is 0 Å². The first kappa shape index (κ1) is 77.0. The molecule has 36 nitrogen and oxygen atoms in total. The second-order valence-electron chi connectivity index (χ2n) is 23.0. The highest BCUT2D eigenvalue weighted by molar-refractivity contribution is 6.22. The normalized spacial score (nSPS) is 12.4. The van der Waals surface area contributed by atoms with E-state index in [0.717, 1.165) is 0 Å². The lowest BCUT2D eigenvalue weighted by molar-refractivity contribution is -0.167. The summed E-state index contributed by atoms with van der Waals surface area (Å²) < 4.78 is 327. The number of fused-ring (bicyclic) bond motifs is 24. The van der Waals surface area contributed by atoms with Gasteiger partial charge in [0.25, 0.3) is 47.3 Å². The van der Waals surface area contributed by atoms with Gasteiger partial charge in [-0.1, -0.05) is 13.1 Å². The van der Waals surface area contributed by atoms with Crippen molar-refractivity contribution in [2.45, 2.75) is 37.1 Å². The van der Waals surface area contributed by atoms with Gasteiger partial charge in [0.15, 0.2) is 102 Å². The van der Waals surface area contributed by atoms with Gasteiger partial charge in [-0.25, -0.2) is 120 Å². The quantitative estimate of drug-likeness (QED) is 0.0589. The molecular weight excluding hydrogens is 1680 g/mol. The van der Waals surface area contributed by atoms with E-state index in [0.29, 0.717) is 0 Å². The van der Waals surface area contributed by atoms with Gasteiger partial charge in [-0.15, -0.1) is 9.97 Å². The van der Waals surface area contributed by atoms with Crippen molar-refractivity contribution in [2.24, 2.45) is 0 Å². The fraction of sp³-hybridized carbons (Fsp3) is 0.100. The number of rotatable bonds is 0. The molecule has 0 saturated heterocycles. The lowest BCUT2D eigenvalue weighted by atomic mass is 10.1. The summed E-state index contributed by atoms with van der Waals surface area (Å²) in [4.78, 5) is 115. The third-order valence-corrected chi connectivity index (χ3v) is 15.8. The third kappa shape index (κ3) is 12.6. The summed E-state index contributed by atoms with van der Waals surface area (Å²) in [6.07, 6.45) is -35.7. The van der Waals surface area contributed by atoms with Gasteiger partial charge in [-0.05, 0) is 0 Å². The number of nitrogens with zero attached hydrogens (tertiary/aromatic N) is 36. The Morgan fingerprint density at radius 2 is 0.317 bits per heavy atom. The zero-order valence-electron chi connectivity index (χ0n) is 55.2. The van der Waals surface area contributed by atoms with Crippen LogP contribution in [0.15, 0.2) is 0 Å². The number of aromatic nitrogens is 30. The van der Waals surface area contributed by atoms with Crippen LogP contribution in [0.5, 0.6) is 0 Å². The molecule has 0 spiro atoms. The molecule has 0 N–H and O–H groups in total. The number of halogens is 24. The maximum atomic E-state index is 13.9. The van der Waals surface area contributed by atoms with Gasteiger partial charge in [0.1, 0.15) is 113 Å². The van der Waals surface area contributed by atoms with Gasteiger partial charge in [0.2, 0.25) is 33.6 Å². The van der Waals surface area contributed by atoms with E-state index in [2.05, 4.69) is 159 Å². The summed E-state index contributed by atoms with van der Waals surface area (Å²) in [5.74, 6) is -10.1. The van der Waals surface area contributed by atoms with E-state index in [-0.39, 0.29) is 112 Å². The third-order valence-electron chi connectivity index (χ3n) is 15.8. The standard InChI is InChI=1S/C22F18N10.C22N16.C16F6N10/c23-17(24,25)7-8(18(26,27)28)42-2-1(41-7)3-5(45-15-13(43-3)47-9(19(29,30)31)11(49-15)21(35,36)37)6-4(2)44-14-16(46-6)50-12(22(38,39)40)10(48-14)20(32,33)34;1-27-17-18(28-2)34-12-11(33-17)13-15(37-21-19(35-13)29-7(3-23)9(5-25)31-21)16-14(12)36-20-22(38-16)32-10(6-26)8(4-24)30-20;17-7-8(18)24-2-1(23-7)3-5(27-15-13(25-3)29-9(19)11(21)31-15)6-4(2)26-14-16(28-6)32-12(22)10(20)30-14. The lowest BCUT2D eigenvalue weighted by Crippen LogP contribution is -2.22. The maximum absolute atomic E-state index is 13.9. The molecule has 0 radical (unpaired) electrons. The van der Waals surface area contributed by atoms with Crippen LogP contribution < -0.4 is 0 Å². The van der Waals surface area contributed by atoms with E-state index in [1.165, 1.54) is 0 Å². The Morgan fingerprint density at radius 1 is 0.183 bits per heavy atom. The molecule has 588 valence electrons. The van der Waals surface area contributed by atoms with Crippen LogP contribution in [-0.2, 0) is 37.1 Å². The number of nitriles is 4. The molecule has 18 rings (SSSR count). The minimum absolute atomic E-state index is 0.0285. The summed E-state index contributed by atoms with van der Waals surface area (Å²) in [6, 6.07) is 7.11. The fourth-order valence-electron chi connectivity index (χ4n) is 11.1. The van der Waals surface area contributed by atoms with Crippen molar-refractivity contribution in [1.29, 1.82) is 21.0 Å². The first-order chi connectivity index (χ1) is 56.4. The first-order valence-corrected chi connectivity index (χ1v) is 30.5. The highest BCUT2D eigenvalue weighted by Crippen LogP contribution is 2.46. The smallest absolute Gasteiger partial charge is 0.370 e. The molecule has 0 amide bonds. The molecule has 0 unspecified atom stereocenters. The van der Waals surface area contributed by atoms with E-state index in [1.54, 1.807) is 24.3 Å². The van der Waals surface area contributed by atoms with E-state index in [9.17, 15) is 126 Å². The van der Waals surface area contributed by atoms with Gasteiger partial charge in [-0.2, -0.15) is 146 Å². The summed E-state index contributed by atoms with van der Waals surface area (Å²) in [5.41, 5.74) is -35.8. The maximum Gasteiger partial charge on any atom is 0.435 e. The minimum Gasteiger partial charge on any atom is -0.370 e. The molecule has 0 aliphatic carbocycles. The zero-order valence-corrected chi connectivity index (χ0v) is 55.2. The van der Waals surface area contributed by atoms with Crippen LogP contribution in [0.3, 0.4) is 0 Å². The predicted octanol–water partition coefficient (Wildman–Crippen LogP) is 11.7. The van der Waals surface area contributed by atoms with Gasteiger partial charge < -0.3 is 9.69 Å². The first-order valence-electron chi connectivity index (χ1n) is 30.5. The van der Waals surface area contributed by atoms with Crippen LogP contribution in [0.25, 0.3) is 177 Å². The van der Waals surface area contributed by atoms with Gasteiger partial charge >= 0.3 is 37.1 Å². The molecule has 15 heterocycles. The molecule has 0 aliphatic heterocycles. The Morgan fingerprint density at radius 3 is 0.483 bits per heavy atom. The zero-order chi connectivity index (χ0) is 86.2. The Kier molecular flexibility index (Phi) is 16.9. The Bertz CT molecular complexity index is 7620. The largest absolute Gasteiger partial charge is 0.435 e. The summed E-state index contributed by atoms with van der Waals surface area (Å²) in [5, 5.41) is 37.4. The highest BCUT2D eigenvalue weighted by Gasteiger charge is 2.51. The second kappa shape index (κ2) is 26.3. The average Bonchev–Trinajstić information content (AvgIpc) is 0.718. The molecule has 0 saturated carbocycles. The second-order valence-corrected chi connectivity index (χ2v) is 23.0. The van der Waals surface area contributed by atoms with Crippen molar-refractivity contribution in [3.8, 4) is 24.3 Å². The molecule has 0 fully saturated rings. The molecule has 15 aromatic heterocycles. The molecular formula is C60F24N36. The predicted molar refractivity (Wildman–Crippen MR) is 337 cm³/mol. The van der Waals surface area contributed by atoms with Gasteiger partial charge in [0, 0.05) is 0 Å². The number of hydrogen-bond donors (Lipinski definition) is 0. The molecule has 3 aromatic carbocycles. The summed E-state index contributed by atoms with van der Waals surface area (Å²) in [6.45, 7) is 14.8. The van der Waals surface area contributed by atoms with Crippen LogP contribution in [0.1, 0.15) is 56.9 Å². The van der Waals surface area contributed by atoms with E-state index in [1.807, 2.05) is 0 Å². The SMILES string of the molecule is FC(F)(F)c1nc2nc3c4nc(C(F)(F)F)c(C(F)(F)F)nc4c4nc5nc(C(F)(F)F)c(C(F)(F)F)nc5nc4c3nc2nc1C(F)(F)F.Fc1nc2nc3c4nc(F)c(F)nc4c4nc5nc(F)c(F)nc5nc4c3nc2nc1F.[C-]#[N+]c1nc2c(nc1[N+]#[C-])c1nc3nc(C#N)c(C#N)nc3nc1c1nc3nc(C#N)c(C#N)nc3nc21. The van der Waals surface area contributed by atoms with Crippen LogP contribution in [0.4, 0.5) is 117 Å². The fourth-order valence-corrected chi connectivity index (χ4v) is 11.1. The van der Waals surface area contributed by atoms with Crippen LogP contribution in [-0.4, -0.2) is 150 Å². The summed E-state index contributed by atoms with van der Waals surface area (Å²) >= 11 is 0. The van der Waals surface area contributed by atoms with Crippen molar-refractivity contribution in [1.82, 2.24) is 150 Å². The molecule has 60 heteroatoms. The number of alkyl halides is 18. The average molecular weight is 1680 g/mol. The molecule has 0 atom stereocenters. The molecule has 18 aromatic rings.